The predicted octanol–water partition coefficient (Wildman–Crippen LogP) is 5.29. The van der Waals surface area contributed by atoms with Crippen LogP contribution < -0.4 is 20.4 Å². The molecule has 5 aromatic rings. The average Bonchev–Trinajstić information content (AvgIpc) is 3.45. The molecule has 49 heavy (non-hydrogen) atoms. The van der Waals surface area contributed by atoms with E-state index in [1.807, 2.05) is 18.4 Å². The Morgan fingerprint density at radius 3 is 2.59 bits per heavy atom. The van der Waals surface area contributed by atoms with Gasteiger partial charge in [0, 0.05) is 44.1 Å². The Hall–Kier alpha value is -5.35. The van der Waals surface area contributed by atoms with E-state index >= 15 is 4.39 Å². The van der Waals surface area contributed by atoms with E-state index in [2.05, 4.69) is 40.7 Å². The molecule has 256 valence electrons. The molecule has 2 N–H and O–H groups in total. The maximum Gasteiger partial charge on any atom is 0.278 e. The number of rotatable bonds is 12. The minimum absolute atomic E-state index is 0.0292. The van der Waals surface area contributed by atoms with Gasteiger partial charge in [0.1, 0.15) is 35.2 Å². The lowest BCUT2D eigenvalue weighted by atomic mass is 10.1. The average molecular weight is 675 g/mol. The summed E-state index contributed by atoms with van der Waals surface area (Å²) in [6, 6.07) is 6.31. The number of hydroxylamine groups is 1. The van der Waals surface area contributed by atoms with E-state index in [9.17, 15) is 9.18 Å². The highest BCUT2D eigenvalue weighted by molar-refractivity contribution is 5.92. The molecule has 0 spiro atoms. The van der Waals surface area contributed by atoms with Crippen LogP contribution in [0.4, 0.5) is 26.5 Å². The zero-order valence-electron chi connectivity index (χ0n) is 27.5. The lowest BCUT2D eigenvalue weighted by molar-refractivity contribution is -0.186. The zero-order chi connectivity index (χ0) is 34.5. The number of anilines is 3. The third-order valence-electron chi connectivity index (χ3n) is 7.79. The number of carbonyl (C=O) groups is 1. The summed E-state index contributed by atoms with van der Waals surface area (Å²) in [7, 11) is 1.80. The van der Waals surface area contributed by atoms with Gasteiger partial charge in [0.05, 0.1) is 30.0 Å². The fraction of sp³-hybridized carbons (Fsp3) is 0.364. The van der Waals surface area contributed by atoms with Gasteiger partial charge >= 0.3 is 0 Å². The molecule has 1 unspecified atom stereocenters. The van der Waals surface area contributed by atoms with Crippen molar-refractivity contribution in [3.8, 4) is 17.0 Å². The molecular weight excluding hydrogens is 638 g/mol. The quantitative estimate of drug-likeness (QED) is 0.165. The van der Waals surface area contributed by atoms with Crippen LogP contribution in [0.2, 0.25) is 0 Å². The lowest BCUT2D eigenvalue weighted by Gasteiger charge is -2.22. The minimum Gasteiger partial charge on any atom is -0.490 e. The summed E-state index contributed by atoms with van der Waals surface area (Å²) < 4.78 is 43.1. The van der Waals surface area contributed by atoms with Gasteiger partial charge in [-0.1, -0.05) is 0 Å². The first-order chi connectivity index (χ1) is 23.7. The van der Waals surface area contributed by atoms with E-state index < -0.39 is 23.8 Å². The van der Waals surface area contributed by atoms with E-state index in [4.69, 9.17) is 14.3 Å². The van der Waals surface area contributed by atoms with E-state index in [1.165, 1.54) is 24.7 Å². The number of amides is 1. The molecule has 14 nitrogen and oxygen atoms in total. The molecule has 1 aliphatic rings. The Bertz CT molecular complexity index is 1920. The first-order valence-corrected chi connectivity index (χ1v) is 15.8. The largest absolute Gasteiger partial charge is 0.490 e. The number of pyridine rings is 1. The molecule has 1 aromatic carbocycles. The number of nitrogens with one attached hydrogen (secondary N) is 2. The molecule has 4 aromatic heterocycles. The Balaban J connectivity index is 1.02. The molecule has 0 aliphatic carbocycles. The van der Waals surface area contributed by atoms with E-state index in [-0.39, 0.29) is 34.3 Å². The summed E-state index contributed by atoms with van der Waals surface area (Å²) in [4.78, 5) is 45.0. The molecule has 6 rings (SSSR count). The van der Waals surface area contributed by atoms with Crippen molar-refractivity contribution in [2.24, 2.45) is 0 Å². The number of ether oxygens (including phenoxy) is 2. The monoisotopic (exact) mass is 674 g/mol. The fourth-order valence-electron chi connectivity index (χ4n) is 5.36. The number of likely N-dealkylation sites (N-methyl/N-ethyl adjacent to an activating group) is 1. The summed E-state index contributed by atoms with van der Waals surface area (Å²) in [5.41, 5.74) is 3.63. The number of imidazole rings is 1. The molecule has 1 amide bonds. The van der Waals surface area contributed by atoms with Crippen molar-refractivity contribution in [3.63, 3.8) is 0 Å². The molecule has 0 radical (unpaired) electrons. The lowest BCUT2D eigenvalue weighted by Crippen LogP contribution is -2.33. The van der Waals surface area contributed by atoms with Gasteiger partial charge in [-0.2, -0.15) is 0 Å². The smallest absolute Gasteiger partial charge is 0.278 e. The first-order valence-electron chi connectivity index (χ1n) is 15.8. The Morgan fingerprint density at radius 2 is 1.88 bits per heavy atom. The molecule has 1 fully saturated rings. The number of benzene rings is 1. The summed E-state index contributed by atoms with van der Waals surface area (Å²) in [6.45, 7) is 7.10. The number of halogens is 2. The highest BCUT2D eigenvalue weighted by Crippen LogP contribution is 2.30. The van der Waals surface area contributed by atoms with Crippen molar-refractivity contribution < 1.29 is 27.9 Å². The van der Waals surface area contributed by atoms with Crippen LogP contribution in [0.15, 0.2) is 49.1 Å². The van der Waals surface area contributed by atoms with Gasteiger partial charge in [0.25, 0.3) is 5.91 Å². The van der Waals surface area contributed by atoms with Gasteiger partial charge in [0.15, 0.2) is 17.9 Å². The fourth-order valence-corrected chi connectivity index (χ4v) is 5.36. The van der Waals surface area contributed by atoms with Crippen LogP contribution in [0.5, 0.6) is 5.75 Å². The zero-order valence-corrected chi connectivity index (χ0v) is 27.5. The van der Waals surface area contributed by atoms with Gasteiger partial charge in [0.2, 0.25) is 11.9 Å². The summed E-state index contributed by atoms with van der Waals surface area (Å²) in [5.74, 6) is 0.353. The number of aromatic nitrogens is 7. The van der Waals surface area contributed by atoms with Crippen LogP contribution in [0.25, 0.3) is 22.3 Å². The van der Waals surface area contributed by atoms with Crippen molar-refractivity contribution in [3.05, 3.63) is 72.1 Å². The molecule has 0 saturated carbocycles. The minimum atomic E-state index is -0.694. The summed E-state index contributed by atoms with van der Waals surface area (Å²) in [5, 5.41) is 2.95. The second kappa shape index (κ2) is 14.8. The van der Waals surface area contributed by atoms with E-state index in [1.54, 1.807) is 37.1 Å². The molecule has 0 bridgehead atoms. The number of hydrogen-bond donors (Lipinski definition) is 2. The molecular formula is C33H36F2N10O4. The van der Waals surface area contributed by atoms with Crippen LogP contribution in [0, 0.1) is 18.6 Å². The highest BCUT2D eigenvalue weighted by atomic mass is 19.1. The Kier molecular flexibility index (Phi) is 10.1. The van der Waals surface area contributed by atoms with Gasteiger partial charge in [-0.15, -0.1) is 0 Å². The van der Waals surface area contributed by atoms with Gasteiger partial charge < -0.3 is 24.3 Å². The number of nitrogens with zero attached hydrogens (tertiary/aromatic N) is 8. The molecule has 1 aliphatic heterocycles. The Labute approximate surface area is 280 Å². The molecule has 1 saturated heterocycles. The van der Waals surface area contributed by atoms with Crippen molar-refractivity contribution in [2.45, 2.75) is 52.4 Å². The summed E-state index contributed by atoms with van der Waals surface area (Å²) in [6.07, 6.45) is 7.63. The maximum atomic E-state index is 15.0. The van der Waals surface area contributed by atoms with Gasteiger partial charge in [-0.05, 0) is 57.9 Å². The second-order valence-electron chi connectivity index (χ2n) is 11.7. The third-order valence-corrected chi connectivity index (χ3v) is 7.79. The van der Waals surface area contributed by atoms with E-state index in [0.717, 1.165) is 25.5 Å². The standard InChI is InChI=1S/C33H36F2N10O4/c1-19(2)45-20(3)40-30-24(34)13-21(14-26(30)45)29-25(35)18-37-32(42-29)41-27-9-8-23(17-36-27)47-12-10-44(4)33-38-15-22(16-39-33)31(46)43-49-28-7-5-6-11-48-28/h8-9,13-19,28H,5-7,10-12H2,1-4H3,(H,43,46)(H,36,37,41,42). The number of carbonyl (C=O) groups excluding carboxylic acids is 1. The van der Waals surface area contributed by atoms with Crippen LogP contribution in [0.3, 0.4) is 0 Å². The van der Waals surface area contributed by atoms with Crippen molar-refractivity contribution >= 4 is 34.7 Å². The van der Waals surface area contributed by atoms with Crippen molar-refractivity contribution in [2.75, 3.05) is 37.0 Å². The highest BCUT2D eigenvalue weighted by Gasteiger charge is 2.19. The van der Waals surface area contributed by atoms with Gasteiger partial charge in [-0.25, -0.2) is 49.0 Å². The van der Waals surface area contributed by atoms with E-state index in [0.29, 0.717) is 48.6 Å². The van der Waals surface area contributed by atoms with Crippen molar-refractivity contribution in [1.82, 2.24) is 40.0 Å². The first kappa shape index (κ1) is 33.5. The van der Waals surface area contributed by atoms with Crippen LogP contribution >= 0.6 is 0 Å². The molecule has 16 heteroatoms. The summed E-state index contributed by atoms with van der Waals surface area (Å²) >= 11 is 0. The maximum absolute atomic E-state index is 15.0. The number of aryl methyl sites for hydroxylation is 1. The van der Waals surface area contributed by atoms with Crippen LogP contribution in [-0.4, -0.2) is 73.5 Å². The van der Waals surface area contributed by atoms with Crippen LogP contribution in [-0.2, 0) is 9.57 Å². The van der Waals surface area contributed by atoms with Crippen LogP contribution in [0.1, 0.15) is 55.3 Å². The van der Waals surface area contributed by atoms with Gasteiger partial charge in [-0.3, -0.25) is 4.79 Å². The number of fused-ring (bicyclic) bond motifs is 1. The van der Waals surface area contributed by atoms with Crippen molar-refractivity contribution in [1.29, 1.82) is 0 Å². The third kappa shape index (κ3) is 7.87. The SMILES string of the molecule is Cc1nc2c(F)cc(-c3nc(Nc4ccc(OCCN(C)c5ncc(C(=O)NOC6CCCCO6)cn5)cn4)ncc3F)cc2n1C(C)C. The second-order valence-corrected chi connectivity index (χ2v) is 11.7. The topological polar surface area (TPSA) is 154 Å². The molecule has 5 heterocycles. The normalized spacial score (nSPS) is 14.6. The Morgan fingerprint density at radius 1 is 1.06 bits per heavy atom. The number of hydrogen-bond acceptors (Lipinski definition) is 12. The predicted molar refractivity (Wildman–Crippen MR) is 176 cm³/mol. The molecule has 1 atom stereocenters.